The Morgan fingerprint density at radius 1 is 1.14 bits per heavy atom. The third kappa shape index (κ3) is 5.55. The molecule has 0 N–H and O–H groups in total. The Morgan fingerprint density at radius 2 is 1.76 bits per heavy atom. The molecule has 5 heteroatoms. The zero-order valence-corrected chi connectivity index (χ0v) is 13.3. The Hall–Kier alpha value is -1.88. The molecule has 0 aliphatic carbocycles. The lowest BCUT2D eigenvalue weighted by molar-refractivity contribution is -0.141. The number of carbonyl (C=O) groups is 2. The van der Waals surface area contributed by atoms with Crippen molar-refractivity contribution in [3.8, 4) is 0 Å². The smallest absolute Gasteiger partial charge is 0.325 e. The second kappa shape index (κ2) is 8.42. The second-order valence-corrected chi connectivity index (χ2v) is 5.24. The van der Waals surface area contributed by atoms with Crippen molar-refractivity contribution in [3.05, 3.63) is 35.4 Å². The molecule has 0 saturated carbocycles. The van der Waals surface area contributed by atoms with Crippen LogP contribution in [0.1, 0.15) is 29.3 Å². The lowest BCUT2D eigenvalue weighted by Crippen LogP contribution is -2.36. The molecule has 0 saturated heterocycles. The first-order valence-electron chi connectivity index (χ1n) is 7.07. The standard InChI is InChI=1S/C16H24N2O3/c1-5-10-18(12-15(19)21-4)16(20)14-8-6-13(7-9-14)11-17(2)3/h6-9H,5,10-12H2,1-4H3. The van der Waals surface area contributed by atoms with Crippen LogP contribution in [0.2, 0.25) is 0 Å². The molecule has 1 rings (SSSR count). The Labute approximate surface area is 126 Å². The predicted molar refractivity (Wildman–Crippen MR) is 82.0 cm³/mol. The molecule has 1 amide bonds. The summed E-state index contributed by atoms with van der Waals surface area (Å²) >= 11 is 0. The highest BCUT2D eigenvalue weighted by atomic mass is 16.5. The van der Waals surface area contributed by atoms with Gasteiger partial charge in [0.1, 0.15) is 6.54 Å². The van der Waals surface area contributed by atoms with Crippen LogP contribution in [-0.2, 0) is 16.1 Å². The van der Waals surface area contributed by atoms with Crippen molar-refractivity contribution < 1.29 is 14.3 Å². The van der Waals surface area contributed by atoms with Crippen LogP contribution in [0.15, 0.2) is 24.3 Å². The van der Waals surface area contributed by atoms with Gasteiger partial charge < -0.3 is 14.5 Å². The van der Waals surface area contributed by atoms with Gasteiger partial charge in [-0.2, -0.15) is 0 Å². The maximum absolute atomic E-state index is 12.4. The molecule has 21 heavy (non-hydrogen) atoms. The van der Waals surface area contributed by atoms with E-state index >= 15 is 0 Å². The van der Waals surface area contributed by atoms with Crippen LogP contribution in [0.5, 0.6) is 0 Å². The lowest BCUT2D eigenvalue weighted by Gasteiger charge is -2.21. The summed E-state index contributed by atoms with van der Waals surface area (Å²) < 4.78 is 4.64. The SMILES string of the molecule is CCCN(CC(=O)OC)C(=O)c1ccc(CN(C)C)cc1. The number of carbonyl (C=O) groups excluding carboxylic acids is 2. The Balaban J connectivity index is 2.80. The molecule has 0 aliphatic rings. The quantitative estimate of drug-likeness (QED) is 0.719. The van der Waals surface area contributed by atoms with Gasteiger partial charge in [0.15, 0.2) is 0 Å². The average molecular weight is 292 g/mol. The van der Waals surface area contributed by atoms with Gasteiger partial charge in [-0.05, 0) is 38.2 Å². The van der Waals surface area contributed by atoms with Gasteiger partial charge in [-0.1, -0.05) is 19.1 Å². The maximum Gasteiger partial charge on any atom is 0.325 e. The van der Waals surface area contributed by atoms with E-state index in [1.165, 1.54) is 12.0 Å². The first-order valence-corrected chi connectivity index (χ1v) is 7.07. The summed E-state index contributed by atoms with van der Waals surface area (Å²) in [5, 5.41) is 0. The van der Waals surface area contributed by atoms with Gasteiger partial charge in [0.05, 0.1) is 7.11 Å². The van der Waals surface area contributed by atoms with Gasteiger partial charge in [-0.25, -0.2) is 0 Å². The fraction of sp³-hybridized carbons (Fsp3) is 0.500. The molecule has 0 unspecified atom stereocenters. The summed E-state index contributed by atoms with van der Waals surface area (Å²) in [5.41, 5.74) is 1.74. The summed E-state index contributed by atoms with van der Waals surface area (Å²) in [4.78, 5) is 27.4. The summed E-state index contributed by atoms with van der Waals surface area (Å²) in [7, 11) is 5.32. The molecule has 5 nitrogen and oxygen atoms in total. The summed E-state index contributed by atoms with van der Waals surface area (Å²) in [6.45, 7) is 3.32. The van der Waals surface area contributed by atoms with Gasteiger partial charge in [-0.3, -0.25) is 9.59 Å². The number of hydrogen-bond acceptors (Lipinski definition) is 4. The van der Waals surface area contributed by atoms with E-state index in [1.807, 2.05) is 33.2 Å². The average Bonchev–Trinajstić information content (AvgIpc) is 2.46. The van der Waals surface area contributed by atoms with Crippen molar-refractivity contribution in [2.75, 3.05) is 34.3 Å². The van der Waals surface area contributed by atoms with E-state index in [1.54, 1.807) is 12.1 Å². The minimum absolute atomic E-state index is 0.0113. The van der Waals surface area contributed by atoms with Gasteiger partial charge >= 0.3 is 5.97 Å². The molecule has 116 valence electrons. The third-order valence-electron chi connectivity index (χ3n) is 3.03. The van der Waals surface area contributed by atoms with Crippen molar-refractivity contribution in [3.63, 3.8) is 0 Å². The van der Waals surface area contributed by atoms with E-state index in [0.29, 0.717) is 12.1 Å². The van der Waals surface area contributed by atoms with Crippen LogP contribution in [0.4, 0.5) is 0 Å². The molecular formula is C16H24N2O3. The molecule has 1 aromatic rings. The van der Waals surface area contributed by atoms with Crippen LogP contribution in [-0.4, -0.2) is 56.0 Å². The molecule has 0 heterocycles. The van der Waals surface area contributed by atoms with Gasteiger partial charge in [0.2, 0.25) is 0 Å². The van der Waals surface area contributed by atoms with Crippen molar-refractivity contribution in [1.82, 2.24) is 9.80 Å². The number of rotatable bonds is 7. The number of methoxy groups -OCH3 is 1. The number of nitrogens with zero attached hydrogens (tertiary/aromatic N) is 2. The predicted octanol–water partition coefficient (Wildman–Crippen LogP) is 1.77. The van der Waals surface area contributed by atoms with Crippen molar-refractivity contribution in [1.29, 1.82) is 0 Å². The number of ether oxygens (including phenoxy) is 1. The monoisotopic (exact) mass is 292 g/mol. The Kier molecular flexibility index (Phi) is 6.88. The van der Waals surface area contributed by atoms with E-state index in [2.05, 4.69) is 9.64 Å². The summed E-state index contributed by atoms with van der Waals surface area (Å²) in [6.07, 6.45) is 0.793. The molecule has 0 bridgehead atoms. The van der Waals surface area contributed by atoms with E-state index in [-0.39, 0.29) is 12.5 Å². The van der Waals surface area contributed by atoms with Crippen LogP contribution in [0.3, 0.4) is 0 Å². The molecule has 1 aromatic carbocycles. The molecule has 0 atom stereocenters. The van der Waals surface area contributed by atoms with Crippen molar-refractivity contribution in [2.45, 2.75) is 19.9 Å². The van der Waals surface area contributed by atoms with Crippen LogP contribution >= 0.6 is 0 Å². The van der Waals surface area contributed by atoms with E-state index in [9.17, 15) is 9.59 Å². The molecule has 0 aromatic heterocycles. The van der Waals surface area contributed by atoms with Crippen LogP contribution < -0.4 is 0 Å². The Bertz CT molecular complexity index is 469. The number of esters is 1. The zero-order valence-electron chi connectivity index (χ0n) is 13.3. The first kappa shape index (κ1) is 17.2. The maximum atomic E-state index is 12.4. The lowest BCUT2D eigenvalue weighted by atomic mass is 10.1. The van der Waals surface area contributed by atoms with Crippen molar-refractivity contribution in [2.24, 2.45) is 0 Å². The van der Waals surface area contributed by atoms with Gasteiger partial charge in [0.25, 0.3) is 5.91 Å². The fourth-order valence-corrected chi connectivity index (χ4v) is 2.04. The minimum atomic E-state index is -0.402. The first-order chi connectivity index (χ1) is 9.97. The number of hydrogen-bond donors (Lipinski definition) is 0. The van der Waals surface area contributed by atoms with Gasteiger partial charge in [-0.15, -0.1) is 0 Å². The normalized spacial score (nSPS) is 10.5. The Morgan fingerprint density at radius 3 is 2.24 bits per heavy atom. The summed E-state index contributed by atoms with van der Waals surface area (Å²) in [5.74, 6) is -0.542. The minimum Gasteiger partial charge on any atom is -0.468 e. The van der Waals surface area contributed by atoms with Crippen LogP contribution in [0, 0.1) is 0 Å². The third-order valence-corrected chi connectivity index (χ3v) is 3.03. The van der Waals surface area contributed by atoms with E-state index in [0.717, 1.165) is 18.5 Å². The largest absolute Gasteiger partial charge is 0.468 e. The second-order valence-electron chi connectivity index (χ2n) is 5.24. The molecule has 0 aliphatic heterocycles. The molecule has 0 fully saturated rings. The molecule has 0 radical (unpaired) electrons. The van der Waals surface area contributed by atoms with E-state index < -0.39 is 5.97 Å². The highest BCUT2D eigenvalue weighted by molar-refractivity contribution is 5.96. The zero-order chi connectivity index (χ0) is 15.8. The highest BCUT2D eigenvalue weighted by Gasteiger charge is 2.18. The van der Waals surface area contributed by atoms with Gasteiger partial charge in [0, 0.05) is 18.7 Å². The van der Waals surface area contributed by atoms with E-state index in [4.69, 9.17) is 0 Å². The topological polar surface area (TPSA) is 49.9 Å². The van der Waals surface area contributed by atoms with Crippen LogP contribution in [0.25, 0.3) is 0 Å². The highest BCUT2D eigenvalue weighted by Crippen LogP contribution is 2.10. The summed E-state index contributed by atoms with van der Waals surface area (Å²) in [6, 6.07) is 7.49. The fourth-order valence-electron chi connectivity index (χ4n) is 2.04. The molecular weight excluding hydrogens is 268 g/mol. The molecule has 0 spiro atoms. The number of amides is 1. The van der Waals surface area contributed by atoms with Crippen molar-refractivity contribution >= 4 is 11.9 Å². The number of benzene rings is 1.